The number of hydrogen-bond donors (Lipinski definition) is 2. The summed E-state index contributed by atoms with van der Waals surface area (Å²) in [4.78, 5) is 17.9. The van der Waals surface area contributed by atoms with Gasteiger partial charge in [0.25, 0.3) is 5.91 Å². The van der Waals surface area contributed by atoms with Gasteiger partial charge in [0, 0.05) is 19.0 Å². The lowest BCUT2D eigenvalue weighted by Crippen LogP contribution is -3.11. The molecule has 0 bridgehead atoms. The predicted molar refractivity (Wildman–Crippen MR) is 99.6 cm³/mol. The SMILES string of the molecule is CC[NH+](CC)CCCNC(=O)c1cc2nc(-c3ccco3)cc(C(F)(F)F)n2n1. The van der Waals surface area contributed by atoms with Crippen molar-refractivity contribution in [3.63, 3.8) is 0 Å². The normalized spacial score (nSPS) is 12.1. The van der Waals surface area contributed by atoms with Gasteiger partial charge in [-0.1, -0.05) is 0 Å². The number of alkyl halides is 3. The Bertz CT molecular complexity index is 962. The number of carbonyl (C=O) groups excluding carboxylic acids is 1. The predicted octanol–water partition coefficient (Wildman–Crippen LogP) is 2.05. The molecule has 0 aliphatic carbocycles. The number of rotatable bonds is 8. The smallest absolute Gasteiger partial charge is 0.433 e. The highest BCUT2D eigenvalue weighted by Gasteiger charge is 2.36. The summed E-state index contributed by atoms with van der Waals surface area (Å²) < 4.78 is 46.3. The molecule has 0 unspecified atom stereocenters. The van der Waals surface area contributed by atoms with Crippen molar-refractivity contribution in [1.82, 2.24) is 19.9 Å². The van der Waals surface area contributed by atoms with Crippen LogP contribution in [0.3, 0.4) is 0 Å². The van der Waals surface area contributed by atoms with E-state index in [0.29, 0.717) is 11.1 Å². The summed E-state index contributed by atoms with van der Waals surface area (Å²) in [5, 5.41) is 6.54. The second-order valence-electron chi connectivity index (χ2n) is 6.62. The lowest BCUT2D eigenvalue weighted by atomic mass is 10.2. The van der Waals surface area contributed by atoms with Crippen LogP contribution >= 0.6 is 0 Å². The molecule has 0 aliphatic rings. The third-order valence-corrected chi connectivity index (χ3v) is 4.72. The average molecular weight is 410 g/mol. The Morgan fingerprint density at radius 1 is 1.28 bits per heavy atom. The number of furan rings is 1. The number of halogens is 3. The van der Waals surface area contributed by atoms with E-state index in [2.05, 4.69) is 29.2 Å². The lowest BCUT2D eigenvalue weighted by molar-refractivity contribution is -0.896. The molecule has 0 atom stereocenters. The van der Waals surface area contributed by atoms with E-state index in [1.807, 2.05) is 0 Å². The number of nitrogens with zero attached hydrogens (tertiary/aromatic N) is 3. The van der Waals surface area contributed by atoms with Gasteiger partial charge in [-0.3, -0.25) is 4.79 Å². The van der Waals surface area contributed by atoms with Crippen molar-refractivity contribution in [1.29, 1.82) is 0 Å². The van der Waals surface area contributed by atoms with E-state index >= 15 is 0 Å². The Morgan fingerprint density at radius 2 is 2.03 bits per heavy atom. The largest absolute Gasteiger partial charge is 0.463 e. The summed E-state index contributed by atoms with van der Waals surface area (Å²) in [6, 6.07) is 5.17. The zero-order valence-corrected chi connectivity index (χ0v) is 16.2. The van der Waals surface area contributed by atoms with E-state index in [1.165, 1.54) is 23.3 Å². The third kappa shape index (κ3) is 4.76. The summed E-state index contributed by atoms with van der Waals surface area (Å²) in [6.07, 6.45) is -2.55. The Morgan fingerprint density at radius 3 is 2.66 bits per heavy atom. The van der Waals surface area contributed by atoms with Crippen LogP contribution in [-0.4, -0.2) is 46.7 Å². The molecule has 156 valence electrons. The van der Waals surface area contributed by atoms with Crippen molar-refractivity contribution in [3.05, 3.63) is 41.9 Å². The Labute approximate surface area is 165 Å². The van der Waals surface area contributed by atoms with Crippen LogP contribution in [0.15, 0.2) is 34.9 Å². The minimum absolute atomic E-state index is 0.0175. The minimum Gasteiger partial charge on any atom is -0.463 e. The number of carbonyl (C=O) groups is 1. The first-order chi connectivity index (χ1) is 13.8. The van der Waals surface area contributed by atoms with Crippen molar-refractivity contribution < 1.29 is 27.3 Å². The fourth-order valence-corrected chi connectivity index (χ4v) is 3.07. The zero-order chi connectivity index (χ0) is 21.0. The molecule has 7 nitrogen and oxygen atoms in total. The summed E-state index contributed by atoms with van der Waals surface area (Å²) in [6.45, 7) is 7.52. The summed E-state index contributed by atoms with van der Waals surface area (Å²) in [5.41, 5.74) is -1.21. The first kappa shape index (κ1) is 20.8. The molecule has 0 aliphatic heterocycles. The van der Waals surface area contributed by atoms with E-state index < -0.39 is 17.8 Å². The van der Waals surface area contributed by atoms with Crippen molar-refractivity contribution in [3.8, 4) is 11.5 Å². The standard InChI is InChI=1S/C19H22F3N5O2/c1-3-26(4-2)9-6-8-23-18(28)14-12-17-24-13(15-7-5-10-29-15)11-16(19(20,21)22)27(17)25-14/h5,7,10-12H,3-4,6,8-9H2,1-2H3,(H,23,28)/p+1. The number of fused-ring (bicyclic) bond motifs is 1. The molecule has 10 heteroatoms. The fourth-order valence-electron chi connectivity index (χ4n) is 3.07. The lowest BCUT2D eigenvalue weighted by Gasteiger charge is -2.14. The molecule has 1 amide bonds. The Balaban J connectivity index is 1.82. The number of aromatic nitrogens is 3. The van der Waals surface area contributed by atoms with Crippen LogP contribution in [0.1, 0.15) is 36.5 Å². The van der Waals surface area contributed by atoms with E-state index in [0.717, 1.165) is 32.1 Å². The van der Waals surface area contributed by atoms with Gasteiger partial charge in [0.15, 0.2) is 22.8 Å². The van der Waals surface area contributed by atoms with Gasteiger partial charge >= 0.3 is 6.18 Å². The van der Waals surface area contributed by atoms with Crippen LogP contribution in [-0.2, 0) is 6.18 Å². The Hall–Kier alpha value is -2.88. The zero-order valence-electron chi connectivity index (χ0n) is 16.2. The van der Waals surface area contributed by atoms with E-state index in [4.69, 9.17) is 4.42 Å². The fraction of sp³-hybridized carbons (Fsp3) is 0.421. The molecule has 3 rings (SSSR count). The molecule has 29 heavy (non-hydrogen) atoms. The van der Waals surface area contributed by atoms with Crippen LogP contribution in [0.2, 0.25) is 0 Å². The van der Waals surface area contributed by atoms with Crippen molar-refractivity contribution in [2.45, 2.75) is 26.4 Å². The number of nitrogens with one attached hydrogen (secondary N) is 2. The molecule has 3 aromatic heterocycles. The number of amides is 1. The first-order valence-corrected chi connectivity index (χ1v) is 9.47. The Kier molecular flexibility index (Phi) is 6.21. The average Bonchev–Trinajstić information content (AvgIpc) is 3.36. The maximum atomic E-state index is 13.5. The van der Waals surface area contributed by atoms with Crippen LogP contribution in [0.4, 0.5) is 13.2 Å². The number of quaternary nitrogens is 1. The highest BCUT2D eigenvalue weighted by molar-refractivity contribution is 5.93. The van der Waals surface area contributed by atoms with Crippen molar-refractivity contribution >= 4 is 11.6 Å². The van der Waals surface area contributed by atoms with Gasteiger partial charge in [-0.25, -0.2) is 9.50 Å². The van der Waals surface area contributed by atoms with Crippen LogP contribution in [0, 0.1) is 0 Å². The number of hydrogen-bond acceptors (Lipinski definition) is 4. The molecule has 2 N–H and O–H groups in total. The van der Waals surface area contributed by atoms with E-state index in [9.17, 15) is 18.0 Å². The highest BCUT2D eigenvalue weighted by Crippen LogP contribution is 2.32. The van der Waals surface area contributed by atoms with Gasteiger partial charge < -0.3 is 14.6 Å². The molecule has 3 aromatic rings. The van der Waals surface area contributed by atoms with Crippen LogP contribution in [0.25, 0.3) is 17.1 Å². The molecular formula is C19H23F3N5O2+. The molecule has 0 radical (unpaired) electrons. The van der Waals surface area contributed by atoms with E-state index in [-0.39, 0.29) is 22.8 Å². The highest BCUT2D eigenvalue weighted by atomic mass is 19.4. The van der Waals surface area contributed by atoms with E-state index in [1.54, 1.807) is 6.07 Å². The quantitative estimate of drug-likeness (QED) is 0.558. The third-order valence-electron chi connectivity index (χ3n) is 4.72. The van der Waals surface area contributed by atoms with Crippen molar-refractivity contribution in [2.75, 3.05) is 26.2 Å². The molecule has 0 saturated heterocycles. The topological polar surface area (TPSA) is 76.9 Å². The maximum absolute atomic E-state index is 13.5. The van der Waals surface area contributed by atoms with Gasteiger partial charge in [-0.05, 0) is 32.0 Å². The first-order valence-electron chi connectivity index (χ1n) is 9.47. The summed E-state index contributed by atoms with van der Waals surface area (Å²) in [5.74, 6) is -0.332. The van der Waals surface area contributed by atoms with Crippen LogP contribution in [0.5, 0.6) is 0 Å². The monoisotopic (exact) mass is 410 g/mol. The van der Waals surface area contributed by atoms with Crippen LogP contribution < -0.4 is 10.2 Å². The molecule has 0 fully saturated rings. The van der Waals surface area contributed by atoms with Crippen molar-refractivity contribution in [2.24, 2.45) is 0 Å². The summed E-state index contributed by atoms with van der Waals surface area (Å²) >= 11 is 0. The minimum atomic E-state index is -4.67. The van der Waals surface area contributed by atoms with Gasteiger partial charge in [0.2, 0.25) is 0 Å². The molecular weight excluding hydrogens is 387 g/mol. The molecule has 0 spiro atoms. The second kappa shape index (κ2) is 8.64. The second-order valence-corrected chi connectivity index (χ2v) is 6.62. The summed E-state index contributed by atoms with van der Waals surface area (Å²) in [7, 11) is 0. The van der Waals surface area contributed by atoms with Gasteiger partial charge in [-0.2, -0.15) is 18.3 Å². The maximum Gasteiger partial charge on any atom is 0.433 e. The van der Waals surface area contributed by atoms with Gasteiger partial charge in [-0.15, -0.1) is 0 Å². The van der Waals surface area contributed by atoms with Gasteiger partial charge in [0.1, 0.15) is 5.69 Å². The molecule has 0 saturated carbocycles. The van der Waals surface area contributed by atoms with Gasteiger partial charge in [0.05, 0.1) is 25.9 Å². The molecule has 3 heterocycles. The molecule has 0 aromatic carbocycles.